The Labute approximate surface area is 575 Å². The zero-order valence-corrected chi connectivity index (χ0v) is 62.9. The van der Waals surface area contributed by atoms with Gasteiger partial charge in [0.15, 0.2) is 12.2 Å². The average molecular weight is 1380 g/mol. The van der Waals surface area contributed by atoms with E-state index < -0.39 is 97.5 Å². The summed E-state index contributed by atoms with van der Waals surface area (Å²) in [4.78, 5) is 72.1. The third-order valence-corrected chi connectivity index (χ3v) is 19.8. The number of hydrogen-bond donors (Lipinski definition) is 3. The molecule has 0 aliphatic carbocycles. The summed E-state index contributed by atoms with van der Waals surface area (Å²) in [6, 6.07) is 0. The van der Waals surface area contributed by atoms with Crippen molar-refractivity contribution in [2.75, 3.05) is 39.6 Å². The first-order chi connectivity index (χ1) is 45.6. The molecule has 0 rings (SSSR count). The standard InChI is InChI=1S/C75H146O17P2/c1-6-10-13-16-17-18-19-20-21-22-23-24-25-26-30-33-36-39-42-45-50-54-59-73(78)86-65-71(92-75(80)61-56-51-46-43-40-37-34-31-28-27-29-32-35-38-41-44-49-52-57-68(5)9-4)67-90-94(83,84)88-63-69(76)62-87-93(81,82)89-66-70(91-74(79)60-55-48-15-12-8-3)64-85-72(77)58-53-47-14-11-7-2/h68-71,76H,6-67H2,1-5H3,(H,81,82)(H,83,84)/t68?,69-,70+,71+/m0/s1. The van der Waals surface area contributed by atoms with Crippen molar-refractivity contribution < 1.29 is 80.2 Å². The Kier molecular flexibility index (Phi) is 66.8. The van der Waals surface area contributed by atoms with Crippen molar-refractivity contribution in [3.8, 4) is 0 Å². The molecule has 94 heavy (non-hydrogen) atoms. The van der Waals surface area contributed by atoms with Crippen molar-refractivity contribution in [2.45, 2.75) is 412 Å². The summed E-state index contributed by atoms with van der Waals surface area (Å²) < 4.78 is 67.9. The van der Waals surface area contributed by atoms with Gasteiger partial charge in [-0.05, 0) is 31.6 Å². The second-order valence-electron chi connectivity index (χ2n) is 27.3. The van der Waals surface area contributed by atoms with E-state index in [2.05, 4.69) is 34.6 Å². The van der Waals surface area contributed by atoms with Crippen LogP contribution in [0, 0.1) is 5.92 Å². The summed E-state index contributed by atoms with van der Waals surface area (Å²) in [5.41, 5.74) is 0. The SMILES string of the molecule is CCCCCCCCCCCCCCCCCCCCCCCCC(=O)OC[C@H](COP(=O)(O)OC[C@@H](O)COP(=O)(O)OC[C@@H](COC(=O)CCCCCCC)OC(=O)CCCCCCC)OC(=O)CCCCCCCCCCCCCCCCCCCCC(C)CC. The molecule has 558 valence electrons. The van der Waals surface area contributed by atoms with Crippen LogP contribution in [0.2, 0.25) is 0 Å². The summed E-state index contributed by atoms with van der Waals surface area (Å²) in [5.74, 6) is -1.27. The van der Waals surface area contributed by atoms with Crippen molar-refractivity contribution in [2.24, 2.45) is 5.92 Å². The van der Waals surface area contributed by atoms with E-state index in [9.17, 15) is 43.2 Å². The number of phosphoric ester groups is 2. The minimum Gasteiger partial charge on any atom is -0.462 e. The average Bonchev–Trinajstić information content (AvgIpc) is 2.11. The lowest BCUT2D eigenvalue weighted by molar-refractivity contribution is -0.161. The first kappa shape index (κ1) is 92.1. The molecule has 0 fully saturated rings. The van der Waals surface area contributed by atoms with Gasteiger partial charge in [-0.2, -0.15) is 0 Å². The van der Waals surface area contributed by atoms with Crippen molar-refractivity contribution in [3.63, 3.8) is 0 Å². The maximum Gasteiger partial charge on any atom is 0.472 e. The Hall–Kier alpha value is -1.94. The van der Waals surface area contributed by atoms with Crippen molar-refractivity contribution in [3.05, 3.63) is 0 Å². The van der Waals surface area contributed by atoms with Gasteiger partial charge in [0.2, 0.25) is 0 Å². The molecular formula is C75H146O17P2. The largest absolute Gasteiger partial charge is 0.472 e. The molecule has 3 unspecified atom stereocenters. The minimum atomic E-state index is -4.95. The van der Waals surface area contributed by atoms with Gasteiger partial charge in [0, 0.05) is 25.7 Å². The van der Waals surface area contributed by atoms with Gasteiger partial charge in [0.1, 0.15) is 19.3 Å². The van der Waals surface area contributed by atoms with Crippen LogP contribution in [0.1, 0.15) is 394 Å². The number of esters is 4. The number of aliphatic hydroxyl groups is 1. The lowest BCUT2D eigenvalue weighted by atomic mass is 9.99. The van der Waals surface area contributed by atoms with Crippen LogP contribution >= 0.6 is 15.6 Å². The zero-order chi connectivity index (χ0) is 69.1. The smallest absolute Gasteiger partial charge is 0.462 e. The summed E-state index contributed by atoms with van der Waals surface area (Å²) in [5, 5.41) is 10.5. The lowest BCUT2D eigenvalue weighted by Gasteiger charge is -2.21. The van der Waals surface area contributed by atoms with E-state index in [4.69, 9.17) is 37.0 Å². The van der Waals surface area contributed by atoms with Gasteiger partial charge in [-0.25, -0.2) is 9.13 Å². The second kappa shape index (κ2) is 68.2. The number of phosphoric acid groups is 2. The van der Waals surface area contributed by atoms with E-state index >= 15 is 0 Å². The maximum atomic E-state index is 13.1. The van der Waals surface area contributed by atoms with Crippen LogP contribution in [0.5, 0.6) is 0 Å². The highest BCUT2D eigenvalue weighted by molar-refractivity contribution is 7.47. The topological polar surface area (TPSA) is 237 Å². The molecular weight excluding hydrogens is 1230 g/mol. The number of rotatable bonds is 75. The molecule has 3 N–H and O–H groups in total. The van der Waals surface area contributed by atoms with E-state index in [-0.39, 0.29) is 25.7 Å². The fourth-order valence-corrected chi connectivity index (χ4v) is 13.1. The summed E-state index contributed by atoms with van der Waals surface area (Å²) in [7, 11) is -9.88. The van der Waals surface area contributed by atoms with Crippen LogP contribution in [-0.4, -0.2) is 96.7 Å². The van der Waals surface area contributed by atoms with E-state index in [1.54, 1.807) is 0 Å². The molecule has 0 aliphatic rings. The van der Waals surface area contributed by atoms with Crippen molar-refractivity contribution >= 4 is 39.5 Å². The quantitative estimate of drug-likeness (QED) is 0.0222. The van der Waals surface area contributed by atoms with E-state index in [1.807, 2.05) is 0 Å². The molecule has 17 nitrogen and oxygen atoms in total. The number of carbonyl (C=O) groups is 4. The predicted octanol–water partition coefficient (Wildman–Crippen LogP) is 22.1. The molecule has 0 bridgehead atoms. The molecule has 6 atom stereocenters. The van der Waals surface area contributed by atoms with Crippen LogP contribution in [0.15, 0.2) is 0 Å². The molecule has 0 saturated carbocycles. The highest BCUT2D eigenvalue weighted by atomic mass is 31.2. The van der Waals surface area contributed by atoms with E-state index in [0.29, 0.717) is 25.7 Å². The van der Waals surface area contributed by atoms with Gasteiger partial charge in [-0.1, -0.05) is 343 Å². The van der Waals surface area contributed by atoms with Crippen molar-refractivity contribution in [1.82, 2.24) is 0 Å². The molecule has 19 heteroatoms. The Morgan fingerprint density at radius 3 is 0.755 bits per heavy atom. The Morgan fingerprint density at radius 2 is 0.511 bits per heavy atom. The highest BCUT2D eigenvalue weighted by Gasteiger charge is 2.30. The molecule has 0 aromatic heterocycles. The summed E-state index contributed by atoms with van der Waals surface area (Å²) >= 11 is 0. The fourth-order valence-electron chi connectivity index (χ4n) is 11.5. The third kappa shape index (κ3) is 67.3. The van der Waals surface area contributed by atoms with Gasteiger partial charge >= 0.3 is 39.5 Å². The first-order valence-electron chi connectivity index (χ1n) is 39.2. The number of carbonyl (C=O) groups excluding carboxylic acids is 4. The molecule has 0 saturated heterocycles. The van der Waals surface area contributed by atoms with Crippen LogP contribution in [0.4, 0.5) is 0 Å². The summed E-state index contributed by atoms with van der Waals surface area (Å²) in [6.07, 6.45) is 58.1. The number of hydrogen-bond acceptors (Lipinski definition) is 15. The number of aliphatic hydroxyl groups excluding tert-OH is 1. The molecule has 0 spiro atoms. The monoisotopic (exact) mass is 1380 g/mol. The number of ether oxygens (including phenoxy) is 4. The normalized spacial score (nSPS) is 14.3. The Balaban J connectivity index is 4.99. The van der Waals surface area contributed by atoms with E-state index in [1.165, 1.54) is 212 Å². The molecule has 0 aromatic rings. The highest BCUT2D eigenvalue weighted by Crippen LogP contribution is 2.45. The van der Waals surface area contributed by atoms with Gasteiger partial charge < -0.3 is 33.8 Å². The Morgan fingerprint density at radius 1 is 0.298 bits per heavy atom. The van der Waals surface area contributed by atoms with Crippen LogP contribution < -0.4 is 0 Å². The molecule has 0 heterocycles. The van der Waals surface area contributed by atoms with Crippen LogP contribution in [-0.2, 0) is 65.4 Å². The van der Waals surface area contributed by atoms with Gasteiger partial charge in [0.05, 0.1) is 26.4 Å². The van der Waals surface area contributed by atoms with Crippen molar-refractivity contribution in [1.29, 1.82) is 0 Å². The molecule has 0 aromatic carbocycles. The van der Waals surface area contributed by atoms with Gasteiger partial charge in [-0.3, -0.25) is 37.3 Å². The van der Waals surface area contributed by atoms with Gasteiger partial charge in [-0.15, -0.1) is 0 Å². The van der Waals surface area contributed by atoms with Gasteiger partial charge in [0.25, 0.3) is 0 Å². The Bertz CT molecular complexity index is 1810. The van der Waals surface area contributed by atoms with Crippen LogP contribution in [0.25, 0.3) is 0 Å². The second-order valence-corrected chi connectivity index (χ2v) is 30.2. The van der Waals surface area contributed by atoms with E-state index in [0.717, 1.165) is 102 Å². The number of unbranched alkanes of at least 4 members (excludes halogenated alkanes) is 46. The minimum absolute atomic E-state index is 0.0992. The molecule has 0 aliphatic heterocycles. The lowest BCUT2D eigenvalue weighted by Crippen LogP contribution is -2.30. The molecule has 0 amide bonds. The predicted molar refractivity (Wildman–Crippen MR) is 382 cm³/mol. The third-order valence-electron chi connectivity index (χ3n) is 17.9. The zero-order valence-electron chi connectivity index (χ0n) is 61.1. The summed E-state index contributed by atoms with van der Waals surface area (Å²) in [6.45, 7) is 7.15. The first-order valence-corrected chi connectivity index (χ1v) is 42.2. The van der Waals surface area contributed by atoms with Crippen LogP contribution in [0.3, 0.4) is 0 Å². The fraction of sp³-hybridized carbons (Fsp3) is 0.947. The maximum absolute atomic E-state index is 13.1. The molecule has 0 radical (unpaired) electrons.